The van der Waals surface area contributed by atoms with E-state index in [1.165, 1.54) is 0 Å². The molecule has 0 bridgehead atoms. The molecule has 1 aliphatic heterocycles. The fraction of sp³-hybridized carbons (Fsp3) is 0.357. The van der Waals surface area contributed by atoms with E-state index < -0.39 is 0 Å². The van der Waals surface area contributed by atoms with E-state index >= 15 is 0 Å². The van der Waals surface area contributed by atoms with Crippen molar-refractivity contribution >= 4 is 22.8 Å². The Bertz CT molecular complexity index is 625. The maximum atomic E-state index is 12.4. The zero-order chi connectivity index (χ0) is 13.9. The zero-order valence-corrected chi connectivity index (χ0v) is 11.3. The summed E-state index contributed by atoms with van der Waals surface area (Å²) in [6.07, 6.45) is 3.31. The van der Waals surface area contributed by atoms with Gasteiger partial charge >= 0.3 is 6.03 Å². The van der Waals surface area contributed by atoms with Crippen molar-refractivity contribution in [1.29, 1.82) is 0 Å². The van der Waals surface area contributed by atoms with Crippen LogP contribution in [0.25, 0.3) is 11.0 Å². The number of carbonyl (C=O) groups is 1. The number of fused-ring (bicyclic) bond motifs is 1. The van der Waals surface area contributed by atoms with Gasteiger partial charge in [-0.2, -0.15) is 0 Å². The number of urea groups is 1. The highest BCUT2D eigenvalue weighted by Crippen LogP contribution is 2.19. The minimum absolute atomic E-state index is 0.0171. The Balaban J connectivity index is 1.83. The Hall–Kier alpha value is -2.21. The van der Waals surface area contributed by atoms with Gasteiger partial charge in [0.25, 0.3) is 0 Å². The lowest BCUT2D eigenvalue weighted by Crippen LogP contribution is -2.47. The lowest BCUT2D eigenvalue weighted by molar-refractivity contribution is 0.0551. The van der Waals surface area contributed by atoms with Gasteiger partial charge in [0.15, 0.2) is 0 Å². The van der Waals surface area contributed by atoms with Gasteiger partial charge in [-0.15, -0.1) is 0 Å². The molecular formula is C14H16N4O2. The summed E-state index contributed by atoms with van der Waals surface area (Å²) in [5.41, 5.74) is 2.42. The number of nitrogens with zero attached hydrogens (tertiary/aromatic N) is 4. The molecular weight excluding hydrogens is 256 g/mol. The number of morpholine rings is 1. The van der Waals surface area contributed by atoms with Gasteiger partial charge in [-0.05, 0) is 18.2 Å². The molecule has 6 nitrogen and oxygen atoms in total. The number of ether oxygens (including phenoxy) is 1. The molecule has 1 aliphatic rings. The maximum Gasteiger partial charge on any atom is 0.324 e. The molecule has 0 saturated carbocycles. The van der Waals surface area contributed by atoms with Gasteiger partial charge in [0.2, 0.25) is 0 Å². The topological polar surface area (TPSA) is 58.6 Å². The summed E-state index contributed by atoms with van der Waals surface area (Å²) in [7, 11) is 1.77. The van der Waals surface area contributed by atoms with Crippen molar-refractivity contribution in [3.05, 3.63) is 30.6 Å². The Kier molecular flexibility index (Phi) is 3.47. The average Bonchev–Trinajstić information content (AvgIpc) is 2.54. The fourth-order valence-corrected chi connectivity index (χ4v) is 2.24. The highest BCUT2D eigenvalue weighted by molar-refractivity contribution is 5.93. The van der Waals surface area contributed by atoms with Crippen LogP contribution in [-0.4, -0.2) is 54.2 Å². The molecule has 0 spiro atoms. The maximum absolute atomic E-state index is 12.4. The summed E-state index contributed by atoms with van der Waals surface area (Å²) >= 11 is 0. The summed E-state index contributed by atoms with van der Waals surface area (Å²) in [5.74, 6) is 0. The van der Waals surface area contributed by atoms with E-state index in [4.69, 9.17) is 4.74 Å². The van der Waals surface area contributed by atoms with Crippen LogP contribution in [0.2, 0.25) is 0 Å². The molecule has 2 heterocycles. The second-order valence-corrected chi connectivity index (χ2v) is 4.67. The van der Waals surface area contributed by atoms with Gasteiger partial charge in [0.05, 0.1) is 24.2 Å². The highest BCUT2D eigenvalue weighted by atomic mass is 16.5. The van der Waals surface area contributed by atoms with Crippen molar-refractivity contribution in [3.63, 3.8) is 0 Å². The second kappa shape index (κ2) is 5.42. The Morgan fingerprint density at radius 3 is 2.65 bits per heavy atom. The summed E-state index contributed by atoms with van der Waals surface area (Å²) < 4.78 is 5.26. The molecule has 3 rings (SSSR count). The quantitative estimate of drug-likeness (QED) is 0.789. The van der Waals surface area contributed by atoms with Crippen LogP contribution in [0.5, 0.6) is 0 Å². The molecule has 0 atom stereocenters. The summed E-state index contributed by atoms with van der Waals surface area (Å²) in [5, 5.41) is 0. The molecule has 1 aromatic carbocycles. The number of aromatic nitrogens is 2. The SMILES string of the molecule is CN(C(=O)N1CCOCC1)c1ccc2nccnc2c1. The fourth-order valence-electron chi connectivity index (χ4n) is 2.24. The van der Waals surface area contributed by atoms with Gasteiger partial charge in [-0.3, -0.25) is 14.9 Å². The van der Waals surface area contributed by atoms with Gasteiger partial charge in [-0.1, -0.05) is 0 Å². The molecule has 0 aliphatic carbocycles. The predicted molar refractivity (Wildman–Crippen MR) is 75.7 cm³/mol. The van der Waals surface area contributed by atoms with Crippen LogP contribution in [-0.2, 0) is 4.74 Å². The number of rotatable bonds is 1. The number of anilines is 1. The van der Waals surface area contributed by atoms with Crippen LogP contribution in [0.4, 0.5) is 10.5 Å². The smallest absolute Gasteiger partial charge is 0.324 e. The van der Waals surface area contributed by atoms with Gasteiger partial charge in [0.1, 0.15) is 0 Å². The standard InChI is InChI=1S/C14H16N4O2/c1-17(14(19)18-6-8-20-9-7-18)11-2-3-12-13(10-11)16-5-4-15-12/h2-5,10H,6-9H2,1H3. The number of hydrogen-bond donors (Lipinski definition) is 0. The van der Waals surface area contributed by atoms with E-state index in [0.29, 0.717) is 26.3 Å². The summed E-state index contributed by atoms with van der Waals surface area (Å²) in [6, 6.07) is 5.62. The van der Waals surface area contributed by atoms with Crippen LogP contribution in [0, 0.1) is 0 Å². The van der Waals surface area contributed by atoms with E-state index in [0.717, 1.165) is 16.7 Å². The summed E-state index contributed by atoms with van der Waals surface area (Å²) in [6.45, 7) is 2.47. The molecule has 0 N–H and O–H groups in total. The van der Waals surface area contributed by atoms with E-state index in [1.54, 1.807) is 29.2 Å². The zero-order valence-electron chi connectivity index (χ0n) is 11.3. The van der Waals surface area contributed by atoms with Crippen LogP contribution in [0.3, 0.4) is 0 Å². The summed E-state index contributed by atoms with van der Waals surface area (Å²) in [4.78, 5) is 24.3. The lowest BCUT2D eigenvalue weighted by Gasteiger charge is -2.31. The first kappa shape index (κ1) is 12.8. The molecule has 2 aromatic rings. The van der Waals surface area contributed by atoms with Gasteiger partial charge < -0.3 is 9.64 Å². The van der Waals surface area contributed by atoms with Crippen molar-refractivity contribution in [3.8, 4) is 0 Å². The van der Waals surface area contributed by atoms with Gasteiger partial charge in [0, 0.05) is 38.2 Å². The molecule has 1 fully saturated rings. The first-order valence-corrected chi connectivity index (χ1v) is 6.57. The van der Waals surface area contributed by atoms with E-state index in [9.17, 15) is 4.79 Å². The normalized spacial score (nSPS) is 15.3. The van der Waals surface area contributed by atoms with Crippen molar-refractivity contribution in [2.45, 2.75) is 0 Å². The largest absolute Gasteiger partial charge is 0.378 e. The second-order valence-electron chi connectivity index (χ2n) is 4.67. The molecule has 1 aromatic heterocycles. The minimum Gasteiger partial charge on any atom is -0.378 e. The highest BCUT2D eigenvalue weighted by Gasteiger charge is 2.21. The molecule has 1 saturated heterocycles. The molecule has 0 unspecified atom stereocenters. The third kappa shape index (κ3) is 2.42. The average molecular weight is 272 g/mol. The van der Waals surface area contributed by atoms with Crippen molar-refractivity contribution in [2.24, 2.45) is 0 Å². The Morgan fingerprint density at radius 2 is 1.90 bits per heavy atom. The molecule has 104 valence electrons. The van der Waals surface area contributed by atoms with Crippen LogP contribution in [0.15, 0.2) is 30.6 Å². The number of benzene rings is 1. The first-order valence-electron chi connectivity index (χ1n) is 6.57. The van der Waals surface area contributed by atoms with E-state index in [2.05, 4.69) is 9.97 Å². The van der Waals surface area contributed by atoms with E-state index in [1.807, 2.05) is 18.2 Å². The van der Waals surface area contributed by atoms with E-state index in [-0.39, 0.29) is 6.03 Å². The van der Waals surface area contributed by atoms with Crippen molar-refractivity contribution < 1.29 is 9.53 Å². The van der Waals surface area contributed by atoms with Crippen molar-refractivity contribution in [1.82, 2.24) is 14.9 Å². The first-order chi connectivity index (χ1) is 9.75. The monoisotopic (exact) mass is 272 g/mol. The van der Waals surface area contributed by atoms with Crippen LogP contribution >= 0.6 is 0 Å². The number of carbonyl (C=O) groups excluding carboxylic acids is 1. The van der Waals surface area contributed by atoms with Crippen LogP contribution in [0.1, 0.15) is 0 Å². The Morgan fingerprint density at radius 1 is 1.20 bits per heavy atom. The third-order valence-electron chi connectivity index (χ3n) is 3.41. The minimum atomic E-state index is -0.0171. The molecule has 2 amide bonds. The Labute approximate surface area is 117 Å². The molecule has 0 radical (unpaired) electrons. The number of amides is 2. The third-order valence-corrected chi connectivity index (χ3v) is 3.41. The van der Waals surface area contributed by atoms with Gasteiger partial charge in [-0.25, -0.2) is 4.79 Å². The van der Waals surface area contributed by atoms with Crippen LogP contribution < -0.4 is 4.90 Å². The van der Waals surface area contributed by atoms with Crippen molar-refractivity contribution in [2.75, 3.05) is 38.3 Å². The molecule has 20 heavy (non-hydrogen) atoms. The lowest BCUT2D eigenvalue weighted by atomic mass is 10.2. The predicted octanol–water partition coefficient (Wildman–Crippen LogP) is 1.52. The number of hydrogen-bond acceptors (Lipinski definition) is 4. The molecule has 6 heteroatoms.